The lowest BCUT2D eigenvalue weighted by atomic mass is 10.1. The minimum atomic E-state index is -0.0288. The summed E-state index contributed by atoms with van der Waals surface area (Å²) in [7, 11) is 0. The van der Waals surface area contributed by atoms with E-state index in [1.807, 2.05) is 36.2 Å². The van der Waals surface area contributed by atoms with E-state index in [0.29, 0.717) is 19.6 Å². The number of nitrogens with one attached hydrogen (secondary N) is 1. The van der Waals surface area contributed by atoms with Crippen LogP contribution < -0.4 is 10.2 Å². The van der Waals surface area contributed by atoms with Gasteiger partial charge in [-0.3, -0.25) is 0 Å². The van der Waals surface area contributed by atoms with Gasteiger partial charge in [-0.25, -0.2) is 9.78 Å². The first kappa shape index (κ1) is 20.2. The summed E-state index contributed by atoms with van der Waals surface area (Å²) in [5, 5.41) is 3.07. The number of aryl methyl sites for hydroxylation is 1. The van der Waals surface area contributed by atoms with E-state index in [2.05, 4.69) is 40.3 Å². The third-order valence-corrected chi connectivity index (χ3v) is 5.48. The molecule has 1 saturated heterocycles. The Morgan fingerprint density at radius 3 is 2.61 bits per heavy atom. The Morgan fingerprint density at radius 1 is 1.14 bits per heavy atom. The Bertz CT molecular complexity index is 769. The summed E-state index contributed by atoms with van der Waals surface area (Å²) in [5.41, 5.74) is 3.49. The highest BCUT2D eigenvalue weighted by atomic mass is 16.2. The summed E-state index contributed by atoms with van der Waals surface area (Å²) < 4.78 is 0. The van der Waals surface area contributed by atoms with Gasteiger partial charge in [0.1, 0.15) is 5.82 Å². The summed E-state index contributed by atoms with van der Waals surface area (Å²) in [6.45, 7) is 8.07. The predicted molar refractivity (Wildman–Crippen MR) is 114 cm³/mol. The van der Waals surface area contributed by atoms with Gasteiger partial charge in [0.15, 0.2) is 0 Å². The quantitative estimate of drug-likeness (QED) is 0.802. The second kappa shape index (κ2) is 10.1. The molecule has 0 aliphatic carbocycles. The van der Waals surface area contributed by atoms with Crippen LogP contribution >= 0.6 is 0 Å². The molecule has 3 rings (SSSR count). The topological polar surface area (TPSA) is 48.5 Å². The average molecular weight is 381 g/mol. The fraction of sp³-hybridized carbons (Fsp3) is 0.478. The molecule has 0 radical (unpaired) electrons. The van der Waals surface area contributed by atoms with Crippen LogP contribution in [0.25, 0.3) is 0 Å². The highest BCUT2D eigenvalue weighted by Gasteiger charge is 2.14. The first-order valence-corrected chi connectivity index (χ1v) is 10.4. The fourth-order valence-electron chi connectivity index (χ4n) is 3.65. The molecule has 2 aromatic rings. The lowest BCUT2D eigenvalue weighted by Crippen LogP contribution is -2.39. The number of carbonyl (C=O) groups excluding carboxylic acids is 1. The normalized spacial score (nSPS) is 14.4. The SMILES string of the molecule is CCN(Cc1ccccc1C)C(=O)NCc1ccnc(N2CCCCCC2)c1. The second-order valence-corrected chi connectivity index (χ2v) is 7.52. The number of hydrogen-bond acceptors (Lipinski definition) is 3. The number of carbonyl (C=O) groups is 1. The van der Waals surface area contributed by atoms with E-state index in [1.54, 1.807) is 0 Å². The van der Waals surface area contributed by atoms with Crippen molar-refractivity contribution in [3.05, 3.63) is 59.3 Å². The van der Waals surface area contributed by atoms with E-state index in [9.17, 15) is 4.79 Å². The first-order chi connectivity index (χ1) is 13.7. The van der Waals surface area contributed by atoms with Gasteiger partial charge in [-0.05, 0) is 55.5 Å². The van der Waals surface area contributed by atoms with Gasteiger partial charge < -0.3 is 15.1 Å². The summed E-state index contributed by atoms with van der Waals surface area (Å²) in [6.07, 6.45) is 6.92. The van der Waals surface area contributed by atoms with Crippen molar-refractivity contribution in [2.24, 2.45) is 0 Å². The number of anilines is 1. The van der Waals surface area contributed by atoms with E-state index in [0.717, 1.165) is 24.5 Å². The molecule has 150 valence electrons. The number of hydrogen-bond donors (Lipinski definition) is 1. The highest BCUT2D eigenvalue weighted by molar-refractivity contribution is 5.74. The number of rotatable bonds is 6. The van der Waals surface area contributed by atoms with E-state index in [4.69, 9.17) is 0 Å². The number of aromatic nitrogens is 1. The van der Waals surface area contributed by atoms with Crippen molar-refractivity contribution in [1.29, 1.82) is 0 Å². The van der Waals surface area contributed by atoms with Crippen LogP contribution in [-0.4, -0.2) is 35.5 Å². The molecule has 0 unspecified atom stereocenters. The minimum Gasteiger partial charge on any atom is -0.357 e. The Balaban J connectivity index is 1.58. The Hall–Kier alpha value is -2.56. The smallest absolute Gasteiger partial charge is 0.317 e. The summed E-state index contributed by atoms with van der Waals surface area (Å²) >= 11 is 0. The second-order valence-electron chi connectivity index (χ2n) is 7.52. The largest absolute Gasteiger partial charge is 0.357 e. The van der Waals surface area contributed by atoms with Crippen molar-refractivity contribution >= 4 is 11.8 Å². The molecule has 28 heavy (non-hydrogen) atoms. The maximum Gasteiger partial charge on any atom is 0.317 e. The van der Waals surface area contributed by atoms with Crippen molar-refractivity contribution in [1.82, 2.24) is 15.2 Å². The van der Waals surface area contributed by atoms with E-state index in [-0.39, 0.29) is 6.03 Å². The molecular formula is C23H32N4O. The van der Waals surface area contributed by atoms with Gasteiger partial charge in [0.05, 0.1) is 0 Å². The predicted octanol–water partition coefficient (Wildman–Crippen LogP) is 4.50. The molecule has 0 bridgehead atoms. The molecule has 5 heteroatoms. The van der Waals surface area contributed by atoms with Crippen LogP contribution in [-0.2, 0) is 13.1 Å². The van der Waals surface area contributed by atoms with Gasteiger partial charge in [-0.15, -0.1) is 0 Å². The Morgan fingerprint density at radius 2 is 1.89 bits per heavy atom. The third-order valence-electron chi connectivity index (χ3n) is 5.48. The Kier molecular flexibility index (Phi) is 7.29. The van der Waals surface area contributed by atoms with Gasteiger partial charge in [0.25, 0.3) is 0 Å². The van der Waals surface area contributed by atoms with Crippen LogP contribution in [0.4, 0.5) is 10.6 Å². The van der Waals surface area contributed by atoms with Gasteiger partial charge in [0.2, 0.25) is 0 Å². The van der Waals surface area contributed by atoms with Crippen LogP contribution in [0.3, 0.4) is 0 Å². The lowest BCUT2D eigenvalue weighted by Gasteiger charge is -2.23. The highest BCUT2D eigenvalue weighted by Crippen LogP contribution is 2.18. The molecule has 2 heterocycles. The number of amides is 2. The van der Waals surface area contributed by atoms with E-state index >= 15 is 0 Å². The van der Waals surface area contributed by atoms with E-state index < -0.39 is 0 Å². The molecule has 1 fully saturated rings. The van der Waals surface area contributed by atoms with Gasteiger partial charge in [-0.1, -0.05) is 37.1 Å². The number of nitrogens with zero attached hydrogens (tertiary/aromatic N) is 3. The molecule has 0 atom stereocenters. The van der Waals surface area contributed by atoms with Crippen LogP contribution in [0.1, 0.15) is 49.3 Å². The zero-order chi connectivity index (χ0) is 19.8. The molecule has 1 N–H and O–H groups in total. The number of benzene rings is 1. The van der Waals surface area contributed by atoms with Crippen molar-refractivity contribution in [3.63, 3.8) is 0 Å². The Labute approximate surface area is 168 Å². The van der Waals surface area contributed by atoms with Crippen LogP contribution in [0.5, 0.6) is 0 Å². The monoisotopic (exact) mass is 380 g/mol. The lowest BCUT2D eigenvalue weighted by molar-refractivity contribution is 0.197. The van der Waals surface area contributed by atoms with Crippen molar-refractivity contribution in [3.8, 4) is 0 Å². The van der Waals surface area contributed by atoms with Crippen molar-refractivity contribution in [2.45, 2.75) is 52.6 Å². The summed E-state index contributed by atoms with van der Waals surface area (Å²) in [4.78, 5) is 21.5. The number of urea groups is 1. The van der Waals surface area contributed by atoms with Crippen LogP contribution in [0.2, 0.25) is 0 Å². The molecule has 1 aromatic carbocycles. The van der Waals surface area contributed by atoms with Gasteiger partial charge in [-0.2, -0.15) is 0 Å². The maximum atomic E-state index is 12.7. The zero-order valence-electron chi connectivity index (χ0n) is 17.2. The zero-order valence-corrected chi connectivity index (χ0v) is 17.2. The minimum absolute atomic E-state index is 0.0288. The molecule has 1 aromatic heterocycles. The summed E-state index contributed by atoms with van der Waals surface area (Å²) in [6, 6.07) is 12.3. The molecule has 5 nitrogen and oxygen atoms in total. The molecule has 2 amide bonds. The number of pyridine rings is 1. The van der Waals surface area contributed by atoms with Gasteiger partial charge >= 0.3 is 6.03 Å². The van der Waals surface area contributed by atoms with Crippen molar-refractivity contribution < 1.29 is 4.79 Å². The maximum absolute atomic E-state index is 12.7. The fourth-order valence-corrected chi connectivity index (χ4v) is 3.65. The molecule has 1 aliphatic heterocycles. The van der Waals surface area contributed by atoms with Crippen LogP contribution in [0.15, 0.2) is 42.6 Å². The van der Waals surface area contributed by atoms with E-state index in [1.165, 1.54) is 36.8 Å². The molecular weight excluding hydrogens is 348 g/mol. The van der Waals surface area contributed by atoms with Crippen LogP contribution in [0, 0.1) is 6.92 Å². The molecule has 1 aliphatic rings. The average Bonchev–Trinajstić information content (AvgIpc) is 3.01. The molecule has 0 spiro atoms. The standard InChI is InChI=1S/C23H32N4O/c1-3-26(18-21-11-7-6-10-19(21)2)23(28)25-17-20-12-13-24-22(16-20)27-14-8-4-5-9-15-27/h6-7,10-13,16H,3-5,8-9,14-15,17-18H2,1-2H3,(H,25,28). The van der Waals surface area contributed by atoms with Crippen molar-refractivity contribution in [2.75, 3.05) is 24.5 Å². The first-order valence-electron chi connectivity index (χ1n) is 10.4. The third kappa shape index (κ3) is 5.47. The molecule has 0 saturated carbocycles. The summed E-state index contributed by atoms with van der Waals surface area (Å²) in [5.74, 6) is 1.03. The van der Waals surface area contributed by atoms with Gasteiger partial charge in [0, 0.05) is 38.9 Å².